The Hall–Kier alpha value is -3.02. The van der Waals surface area contributed by atoms with Gasteiger partial charge in [-0.2, -0.15) is 0 Å². The first-order valence-corrected chi connectivity index (χ1v) is 10.6. The van der Waals surface area contributed by atoms with Gasteiger partial charge in [0.15, 0.2) is 5.96 Å². The van der Waals surface area contributed by atoms with Gasteiger partial charge in [-0.15, -0.1) is 0 Å². The van der Waals surface area contributed by atoms with Crippen molar-refractivity contribution in [2.75, 3.05) is 25.5 Å². The van der Waals surface area contributed by atoms with Crippen molar-refractivity contribution in [3.63, 3.8) is 0 Å². The number of rotatable bonds is 6. The molecule has 1 unspecified atom stereocenters. The molecule has 160 valence electrons. The van der Waals surface area contributed by atoms with Crippen LogP contribution in [0, 0.1) is 0 Å². The monoisotopic (exact) mass is 409 g/mol. The van der Waals surface area contributed by atoms with E-state index in [1.54, 1.807) is 12.1 Å². The highest BCUT2D eigenvalue weighted by atomic mass is 16.5. The number of phenolic OH excluding ortho intramolecular Hbond substituents is 1. The summed E-state index contributed by atoms with van der Waals surface area (Å²) < 4.78 is 4.80. The fourth-order valence-corrected chi connectivity index (χ4v) is 3.59. The normalized spacial score (nSPS) is 15.5. The first-order chi connectivity index (χ1) is 14.6. The molecule has 0 bridgehead atoms. The van der Waals surface area contributed by atoms with E-state index >= 15 is 0 Å². The zero-order valence-electron chi connectivity index (χ0n) is 17.8. The molecule has 0 spiro atoms. The van der Waals surface area contributed by atoms with Crippen LogP contribution in [0.15, 0.2) is 53.5 Å². The van der Waals surface area contributed by atoms with E-state index < -0.39 is 5.97 Å². The second-order valence-corrected chi connectivity index (χ2v) is 7.72. The van der Waals surface area contributed by atoms with Gasteiger partial charge in [-0.25, -0.2) is 9.79 Å². The molecule has 1 fully saturated rings. The largest absolute Gasteiger partial charge is 0.506 e. The maximum absolute atomic E-state index is 11.9. The molecule has 1 saturated heterocycles. The Bertz CT molecular complexity index is 861. The van der Waals surface area contributed by atoms with Crippen molar-refractivity contribution < 1.29 is 14.6 Å². The number of hydrogen-bond acceptors (Lipinski definition) is 4. The van der Waals surface area contributed by atoms with Crippen LogP contribution >= 0.6 is 0 Å². The van der Waals surface area contributed by atoms with Gasteiger partial charge in [-0.05, 0) is 62.8 Å². The third-order valence-corrected chi connectivity index (χ3v) is 5.36. The molecule has 6 nitrogen and oxygen atoms in total. The van der Waals surface area contributed by atoms with Crippen LogP contribution < -0.4 is 5.32 Å². The summed E-state index contributed by atoms with van der Waals surface area (Å²) in [6.07, 6.45) is 5.34. The van der Waals surface area contributed by atoms with E-state index in [9.17, 15) is 9.90 Å². The Morgan fingerprint density at radius 1 is 1.17 bits per heavy atom. The number of anilines is 1. The van der Waals surface area contributed by atoms with Gasteiger partial charge < -0.3 is 20.1 Å². The van der Waals surface area contributed by atoms with Crippen LogP contribution in [0.25, 0.3) is 0 Å². The zero-order valence-corrected chi connectivity index (χ0v) is 17.8. The van der Waals surface area contributed by atoms with Crippen molar-refractivity contribution >= 4 is 17.6 Å². The van der Waals surface area contributed by atoms with Gasteiger partial charge in [0.1, 0.15) is 5.75 Å². The highest BCUT2D eigenvalue weighted by Gasteiger charge is 2.18. The number of guanidine groups is 1. The number of aromatic hydroxyl groups is 1. The van der Waals surface area contributed by atoms with Crippen molar-refractivity contribution in [1.29, 1.82) is 0 Å². The first kappa shape index (κ1) is 21.7. The van der Waals surface area contributed by atoms with Crippen molar-refractivity contribution in [3.05, 3.63) is 59.7 Å². The number of phenols is 1. The lowest BCUT2D eigenvalue weighted by Gasteiger charge is -2.31. The van der Waals surface area contributed by atoms with Gasteiger partial charge in [-0.3, -0.25) is 0 Å². The molecule has 1 aliphatic rings. The van der Waals surface area contributed by atoms with E-state index in [4.69, 9.17) is 9.73 Å². The fraction of sp³-hybridized carbons (Fsp3) is 0.417. The van der Waals surface area contributed by atoms with Crippen molar-refractivity contribution in [1.82, 2.24) is 4.90 Å². The standard InChI is InChI=1S/C24H31N3O3/c1-18(11-12-19-9-5-3-6-10-19)25-24(27-15-7-4-8-16-27)26-21-17-20(23(29)30-2)13-14-22(21)28/h3,5-6,9-10,13-14,17-18,28H,4,7-8,11-12,15-16H2,1-2H3,(H,25,26). The number of piperidine rings is 1. The minimum absolute atomic E-state index is 0.0734. The Morgan fingerprint density at radius 2 is 1.90 bits per heavy atom. The molecule has 2 aromatic rings. The second-order valence-electron chi connectivity index (χ2n) is 7.72. The highest BCUT2D eigenvalue weighted by Crippen LogP contribution is 2.26. The van der Waals surface area contributed by atoms with E-state index in [2.05, 4.69) is 41.4 Å². The SMILES string of the molecule is COC(=O)c1ccc(O)c(NC(=NC(C)CCc2ccccc2)N2CCCCC2)c1. The van der Waals surface area contributed by atoms with E-state index in [-0.39, 0.29) is 11.8 Å². The summed E-state index contributed by atoms with van der Waals surface area (Å²) in [6, 6.07) is 15.2. The average molecular weight is 410 g/mol. The van der Waals surface area contributed by atoms with Crippen LogP contribution in [-0.4, -0.2) is 48.2 Å². The summed E-state index contributed by atoms with van der Waals surface area (Å²) in [5.41, 5.74) is 2.14. The lowest BCUT2D eigenvalue weighted by atomic mass is 10.1. The molecule has 0 amide bonds. The van der Waals surface area contributed by atoms with Crippen molar-refractivity contribution in [2.24, 2.45) is 4.99 Å². The molecule has 2 N–H and O–H groups in total. The third-order valence-electron chi connectivity index (χ3n) is 5.36. The molecule has 0 aliphatic carbocycles. The topological polar surface area (TPSA) is 74.2 Å². The van der Waals surface area contributed by atoms with Crippen molar-refractivity contribution in [2.45, 2.75) is 45.1 Å². The minimum Gasteiger partial charge on any atom is -0.506 e. The van der Waals surface area contributed by atoms with Crippen LogP contribution in [0.1, 0.15) is 48.5 Å². The number of likely N-dealkylation sites (tertiary alicyclic amines) is 1. The number of methoxy groups -OCH3 is 1. The fourth-order valence-electron chi connectivity index (χ4n) is 3.59. The summed E-state index contributed by atoms with van der Waals surface area (Å²) in [6.45, 7) is 3.96. The molecule has 6 heteroatoms. The molecule has 1 aliphatic heterocycles. The van der Waals surface area contributed by atoms with E-state index in [0.717, 1.165) is 44.7 Å². The maximum atomic E-state index is 11.9. The zero-order chi connectivity index (χ0) is 21.3. The van der Waals surface area contributed by atoms with Gasteiger partial charge in [-0.1, -0.05) is 30.3 Å². The maximum Gasteiger partial charge on any atom is 0.337 e. The van der Waals surface area contributed by atoms with Crippen molar-refractivity contribution in [3.8, 4) is 5.75 Å². The molecule has 30 heavy (non-hydrogen) atoms. The summed E-state index contributed by atoms with van der Waals surface area (Å²) in [5, 5.41) is 13.6. The minimum atomic E-state index is -0.439. The Kier molecular flexibility index (Phi) is 7.71. The molecular formula is C24H31N3O3. The van der Waals surface area contributed by atoms with Gasteiger partial charge in [0, 0.05) is 13.1 Å². The van der Waals surface area contributed by atoms with Crippen LogP contribution in [0.2, 0.25) is 0 Å². The van der Waals surface area contributed by atoms with Gasteiger partial charge in [0.05, 0.1) is 24.4 Å². The van der Waals surface area contributed by atoms with Crippen LogP contribution in [-0.2, 0) is 11.2 Å². The first-order valence-electron chi connectivity index (χ1n) is 10.6. The smallest absolute Gasteiger partial charge is 0.337 e. The predicted molar refractivity (Wildman–Crippen MR) is 120 cm³/mol. The number of hydrogen-bond donors (Lipinski definition) is 2. The number of nitrogens with zero attached hydrogens (tertiary/aromatic N) is 2. The molecule has 1 heterocycles. The van der Waals surface area contributed by atoms with E-state index in [1.807, 2.05) is 6.07 Å². The van der Waals surface area contributed by atoms with Gasteiger partial charge in [0.25, 0.3) is 0 Å². The predicted octanol–water partition coefficient (Wildman–Crippen LogP) is 4.45. The number of nitrogens with one attached hydrogen (secondary N) is 1. The Morgan fingerprint density at radius 3 is 2.60 bits per heavy atom. The molecule has 1 atom stereocenters. The number of ether oxygens (including phenoxy) is 1. The molecular weight excluding hydrogens is 378 g/mol. The summed E-state index contributed by atoms with van der Waals surface area (Å²) in [4.78, 5) is 19.1. The molecule has 0 radical (unpaired) electrons. The van der Waals surface area contributed by atoms with Crippen LogP contribution in [0.4, 0.5) is 5.69 Å². The lowest BCUT2D eigenvalue weighted by Crippen LogP contribution is -2.40. The van der Waals surface area contributed by atoms with Crippen LogP contribution in [0.3, 0.4) is 0 Å². The number of esters is 1. The highest BCUT2D eigenvalue weighted by molar-refractivity contribution is 5.97. The van der Waals surface area contributed by atoms with Gasteiger partial charge in [0.2, 0.25) is 0 Å². The van der Waals surface area contributed by atoms with Crippen LogP contribution in [0.5, 0.6) is 5.75 Å². The lowest BCUT2D eigenvalue weighted by molar-refractivity contribution is 0.0601. The second kappa shape index (κ2) is 10.7. The number of aliphatic imine (C=N–C) groups is 1. The summed E-state index contributed by atoms with van der Waals surface area (Å²) in [7, 11) is 1.34. The summed E-state index contributed by atoms with van der Waals surface area (Å²) >= 11 is 0. The number of aryl methyl sites for hydroxylation is 1. The average Bonchev–Trinajstić information content (AvgIpc) is 2.79. The number of carbonyl (C=O) groups excluding carboxylic acids is 1. The quantitative estimate of drug-likeness (QED) is 0.319. The molecule has 3 rings (SSSR count). The molecule has 2 aromatic carbocycles. The number of benzene rings is 2. The third kappa shape index (κ3) is 5.99. The van der Waals surface area contributed by atoms with Gasteiger partial charge >= 0.3 is 5.97 Å². The Labute approximate surface area is 178 Å². The molecule has 0 saturated carbocycles. The Balaban J connectivity index is 1.78. The molecule has 0 aromatic heterocycles. The number of carbonyl (C=O) groups is 1. The summed E-state index contributed by atoms with van der Waals surface area (Å²) in [5.74, 6) is 0.377. The van der Waals surface area contributed by atoms with E-state index in [1.165, 1.54) is 25.2 Å². The van der Waals surface area contributed by atoms with E-state index in [0.29, 0.717) is 11.3 Å².